The topological polar surface area (TPSA) is 61.4 Å². The summed E-state index contributed by atoms with van der Waals surface area (Å²) in [5.41, 5.74) is 0.0180. The summed E-state index contributed by atoms with van der Waals surface area (Å²) in [4.78, 5) is 25.7. The Morgan fingerprint density at radius 3 is 2.48 bits per heavy atom. The number of rotatable bonds is 6. The van der Waals surface area contributed by atoms with Crippen molar-refractivity contribution in [2.75, 3.05) is 24.2 Å². The van der Waals surface area contributed by atoms with Gasteiger partial charge in [0.2, 0.25) is 11.8 Å². The fourth-order valence-corrected chi connectivity index (χ4v) is 2.38. The van der Waals surface area contributed by atoms with Crippen molar-refractivity contribution in [2.45, 2.75) is 13.0 Å². The van der Waals surface area contributed by atoms with Crippen molar-refractivity contribution in [1.82, 2.24) is 4.90 Å². The van der Waals surface area contributed by atoms with Crippen LogP contribution in [-0.2, 0) is 9.59 Å². The largest absolute Gasteiger partial charge is 0.325 e. The van der Waals surface area contributed by atoms with Crippen LogP contribution < -0.4 is 10.6 Å². The number of hydrogen-bond donors (Lipinski definition) is 2. The van der Waals surface area contributed by atoms with E-state index in [2.05, 4.69) is 10.6 Å². The molecule has 2 amide bonds. The zero-order chi connectivity index (χ0) is 20.1. The highest BCUT2D eigenvalue weighted by atomic mass is 35.5. The summed E-state index contributed by atoms with van der Waals surface area (Å²) in [5.74, 6) is -5.58. The number of halogens is 4. The summed E-state index contributed by atoms with van der Waals surface area (Å²) in [7, 11) is 1.52. The Bertz CT molecular complexity index is 864. The predicted octanol–water partition coefficient (Wildman–Crippen LogP) is 3.65. The number of hydrogen-bond acceptors (Lipinski definition) is 3. The van der Waals surface area contributed by atoms with Crippen molar-refractivity contribution in [3.05, 3.63) is 58.9 Å². The average molecular weight is 400 g/mol. The molecule has 0 aliphatic heterocycles. The highest BCUT2D eigenvalue weighted by Crippen LogP contribution is 2.19. The van der Waals surface area contributed by atoms with Gasteiger partial charge in [0.25, 0.3) is 0 Å². The number of carbonyl (C=O) groups excluding carboxylic acids is 2. The van der Waals surface area contributed by atoms with Crippen molar-refractivity contribution in [1.29, 1.82) is 0 Å². The molecule has 0 saturated heterocycles. The Balaban J connectivity index is 1.95. The Morgan fingerprint density at radius 2 is 1.81 bits per heavy atom. The van der Waals surface area contributed by atoms with Crippen molar-refractivity contribution in [2.24, 2.45) is 0 Å². The number of nitrogens with zero attached hydrogens (tertiary/aromatic N) is 1. The van der Waals surface area contributed by atoms with Gasteiger partial charge in [-0.1, -0.05) is 17.7 Å². The van der Waals surface area contributed by atoms with Gasteiger partial charge in [0, 0.05) is 10.7 Å². The Hall–Kier alpha value is -2.58. The summed E-state index contributed by atoms with van der Waals surface area (Å²) >= 11 is 5.85. The van der Waals surface area contributed by atoms with Gasteiger partial charge in [0.05, 0.1) is 18.3 Å². The Labute approximate surface area is 159 Å². The maximum Gasteiger partial charge on any atom is 0.241 e. The van der Waals surface area contributed by atoms with E-state index in [4.69, 9.17) is 11.6 Å². The van der Waals surface area contributed by atoms with E-state index in [1.807, 2.05) is 0 Å². The molecule has 2 N–H and O–H groups in total. The molecule has 0 aliphatic carbocycles. The van der Waals surface area contributed by atoms with Crippen molar-refractivity contribution in [3.8, 4) is 0 Å². The molecule has 0 fully saturated rings. The molecule has 0 unspecified atom stereocenters. The lowest BCUT2D eigenvalue weighted by atomic mass is 10.2. The molecular formula is C18H17ClF3N3O2. The number of carbonyl (C=O) groups is 2. The predicted molar refractivity (Wildman–Crippen MR) is 97.1 cm³/mol. The highest BCUT2D eigenvalue weighted by molar-refractivity contribution is 6.30. The minimum absolute atomic E-state index is 0.275. The van der Waals surface area contributed by atoms with E-state index >= 15 is 0 Å². The first-order valence-corrected chi connectivity index (χ1v) is 8.27. The molecule has 27 heavy (non-hydrogen) atoms. The highest BCUT2D eigenvalue weighted by Gasteiger charge is 2.21. The maximum atomic E-state index is 13.6. The van der Waals surface area contributed by atoms with Crippen LogP contribution in [0.1, 0.15) is 6.92 Å². The first-order chi connectivity index (χ1) is 12.7. The van der Waals surface area contributed by atoms with Crippen LogP contribution in [0.4, 0.5) is 24.5 Å². The van der Waals surface area contributed by atoms with Crippen LogP contribution in [0.15, 0.2) is 36.4 Å². The van der Waals surface area contributed by atoms with Gasteiger partial charge >= 0.3 is 0 Å². The minimum Gasteiger partial charge on any atom is -0.325 e. The molecule has 0 saturated carbocycles. The van der Waals surface area contributed by atoms with Crippen molar-refractivity contribution < 1.29 is 22.8 Å². The molecule has 0 heterocycles. The number of benzene rings is 2. The molecule has 2 aromatic carbocycles. The van der Waals surface area contributed by atoms with Crippen molar-refractivity contribution >= 4 is 34.8 Å². The van der Waals surface area contributed by atoms with Crippen LogP contribution in [0.25, 0.3) is 0 Å². The second-order valence-electron chi connectivity index (χ2n) is 5.86. The molecular weight excluding hydrogens is 383 g/mol. The average Bonchev–Trinajstić information content (AvgIpc) is 2.61. The Kier molecular flexibility index (Phi) is 6.81. The normalized spacial score (nSPS) is 12.0. The lowest BCUT2D eigenvalue weighted by Gasteiger charge is -2.23. The fraction of sp³-hybridized carbons (Fsp3) is 0.222. The van der Waals surface area contributed by atoms with Crippen LogP contribution in [-0.4, -0.2) is 36.3 Å². The van der Waals surface area contributed by atoms with Gasteiger partial charge < -0.3 is 10.6 Å². The lowest BCUT2D eigenvalue weighted by molar-refractivity contribution is -0.122. The minimum atomic E-state index is -1.67. The Morgan fingerprint density at radius 1 is 1.11 bits per heavy atom. The molecule has 0 radical (unpaired) electrons. The van der Waals surface area contributed by atoms with Crippen LogP contribution in [0, 0.1) is 17.5 Å². The van der Waals surface area contributed by atoms with E-state index in [-0.39, 0.29) is 12.5 Å². The summed E-state index contributed by atoms with van der Waals surface area (Å²) in [6, 6.07) is 7.49. The second-order valence-corrected chi connectivity index (χ2v) is 6.30. The number of amides is 2. The third kappa shape index (κ3) is 5.45. The second kappa shape index (κ2) is 8.88. The van der Waals surface area contributed by atoms with Gasteiger partial charge in [-0.25, -0.2) is 13.2 Å². The molecule has 144 valence electrons. The van der Waals surface area contributed by atoms with E-state index in [9.17, 15) is 22.8 Å². The number of likely N-dealkylation sites (N-methyl/N-ethyl adjacent to an activating group) is 1. The molecule has 2 rings (SSSR count). The molecule has 0 spiro atoms. The van der Waals surface area contributed by atoms with E-state index in [1.165, 1.54) is 11.9 Å². The van der Waals surface area contributed by atoms with Crippen LogP contribution in [0.2, 0.25) is 5.02 Å². The van der Waals surface area contributed by atoms with E-state index < -0.39 is 35.1 Å². The van der Waals surface area contributed by atoms with Gasteiger partial charge in [0.15, 0.2) is 17.5 Å². The third-order valence-electron chi connectivity index (χ3n) is 3.84. The number of anilines is 2. The number of nitrogens with one attached hydrogen (secondary N) is 2. The molecule has 0 aliphatic rings. The van der Waals surface area contributed by atoms with Gasteiger partial charge in [0.1, 0.15) is 0 Å². The monoisotopic (exact) mass is 399 g/mol. The van der Waals surface area contributed by atoms with Crippen LogP contribution in [0.5, 0.6) is 0 Å². The van der Waals surface area contributed by atoms with E-state index in [1.54, 1.807) is 31.2 Å². The molecule has 2 aromatic rings. The van der Waals surface area contributed by atoms with Crippen molar-refractivity contribution in [3.63, 3.8) is 0 Å². The van der Waals surface area contributed by atoms with Gasteiger partial charge in [-0.3, -0.25) is 14.5 Å². The third-order valence-corrected chi connectivity index (χ3v) is 4.07. The summed E-state index contributed by atoms with van der Waals surface area (Å²) in [5, 5.41) is 5.27. The maximum absolute atomic E-state index is 13.6. The van der Waals surface area contributed by atoms with E-state index in [0.29, 0.717) is 16.8 Å². The lowest BCUT2D eigenvalue weighted by Crippen LogP contribution is -2.43. The van der Waals surface area contributed by atoms with Gasteiger partial charge in [-0.2, -0.15) is 0 Å². The molecule has 0 aromatic heterocycles. The summed E-state index contributed by atoms with van der Waals surface area (Å²) in [6.07, 6.45) is 0. The smallest absolute Gasteiger partial charge is 0.241 e. The van der Waals surface area contributed by atoms with Crippen LogP contribution in [0.3, 0.4) is 0 Å². The van der Waals surface area contributed by atoms with Gasteiger partial charge in [-0.15, -0.1) is 0 Å². The molecule has 0 bridgehead atoms. The zero-order valence-electron chi connectivity index (χ0n) is 14.5. The van der Waals surface area contributed by atoms with E-state index in [0.717, 1.165) is 6.07 Å². The first kappa shape index (κ1) is 20.7. The standard InChI is InChI=1S/C18H17ClF3N3O2/c1-10(18(27)23-12-5-3-4-11(19)8-12)25(2)9-15(26)24-14-7-6-13(20)16(21)17(14)22/h3-8,10H,9H2,1-2H3,(H,23,27)(H,24,26)/t10-/m1/s1. The van der Waals surface area contributed by atoms with Crippen LogP contribution >= 0.6 is 11.6 Å². The van der Waals surface area contributed by atoms with Gasteiger partial charge in [-0.05, 0) is 44.3 Å². The molecule has 9 heteroatoms. The fourth-order valence-electron chi connectivity index (χ4n) is 2.19. The summed E-state index contributed by atoms with van der Waals surface area (Å²) in [6.45, 7) is 1.30. The first-order valence-electron chi connectivity index (χ1n) is 7.89. The SMILES string of the molecule is C[C@H](C(=O)Nc1cccc(Cl)c1)N(C)CC(=O)Nc1ccc(F)c(F)c1F. The zero-order valence-corrected chi connectivity index (χ0v) is 15.3. The molecule has 5 nitrogen and oxygen atoms in total. The summed E-state index contributed by atoms with van der Waals surface area (Å²) < 4.78 is 39.7. The molecule has 1 atom stereocenters. The quantitative estimate of drug-likeness (QED) is 0.729.